The highest BCUT2D eigenvalue weighted by Crippen LogP contribution is 2.71. The molecule has 0 aliphatic heterocycles. The summed E-state index contributed by atoms with van der Waals surface area (Å²) in [5, 5.41) is 9.90. The lowest BCUT2D eigenvalue weighted by molar-refractivity contribution is -0.164. The van der Waals surface area contributed by atoms with E-state index in [1.165, 1.54) is 32.1 Å². The molecule has 4 aliphatic rings. The van der Waals surface area contributed by atoms with Crippen molar-refractivity contribution in [3.8, 4) is 0 Å². The highest BCUT2D eigenvalue weighted by Gasteiger charge is 2.64. The average molecular weight is 303 g/mol. The molecule has 1 unspecified atom stereocenters. The first kappa shape index (κ1) is 13.6. The number of allylic oxidation sites excluding steroid dienone is 1. The van der Waals surface area contributed by atoms with Crippen LogP contribution in [-0.4, -0.2) is 11.1 Å². The Hall–Kier alpha value is -0.790. The maximum atomic E-state index is 12.0. The molecule has 2 bridgehead atoms. The second-order valence-electron chi connectivity index (χ2n) is 9.16. The molecule has 22 heavy (non-hydrogen) atoms. The van der Waals surface area contributed by atoms with Crippen molar-refractivity contribution in [2.24, 2.45) is 39.9 Å². The third kappa shape index (κ3) is 1.65. The van der Waals surface area contributed by atoms with Crippen LogP contribution < -0.4 is 0 Å². The largest absolute Gasteiger partial charge is 0.481 e. The summed E-state index contributed by atoms with van der Waals surface area (Å²) in [6.45, 7) is 4.72. The van der Waals surface area contributed by atoms with Gasteiger partial charge in [-0.1, -0.05) is 26.0 Å². The van der Waals surface area contributed by atoms with Gasteiger partial charge in [-0.2, -0.15) is 0 Å². The van der Waals surface area contributed by atoms with Gasteiger partial charge in [0.1, 0.15) is 0 Å². The number of carboxylic acid groups (broad SMARTS) is 1. The Labute approximate surface area is 135 Å². The van der Waals surface area contributed by atoms with Gasteiger partial charge < -0.3 is 5.11 Å². The summed E-state index contributed by atoms with van der Waals surface area (Å²) < 4.78 is 8.45. The molecule has 0 saturated heterocycles. The van der Waals surface area contributed by atoms with E-state index in [9.17, 15) is 9.90 Å². The molecule has 0 aromatic carbocycles. The molecular weight excluding hydrogens is 272 g/mol. The third-order valence-corrected chi connectivity index (χ3v) is 8.23. The van der Waals surface area contributed by atoms with E-state index in [0.717, 1.165) is 24.7 Å². The molecule has 0 radical (unpaired) electrons. The zero-order chi connectivity index (χ0) is 16.5. The average Bonchev–Trinajstić information content (AvgIpc) is 2.76. The molecule has 2 nitrogen and oxygen atoms in total. The zero-order valence-electron chi connectivity index (χ0n) is 15.0. The van der Waals surface area contributed by atoms with E-state index in [1.807, 2.05) is 13.0 Å². The van der Waals surface area contributed by atoms with Gasteiger partial charge in [0.2, 0.25) is 0 Å². The van der Waals surface area contributed by atoms with E-state index in [2.05, 4.69) is 13.0 Å². The predicted octanol–water partition coefficient (Wildman–Crippen LogP) is 4.90. The van der Waals surface area contributed by atoms with E-state index >= 15 is 0 Å². The fourth-order valence-corrected chi connectivity index (χ4v) is 7.25. The first-order valence-corrected chi connectivity index (χ1v) is 9.08. The Morgan fingerprint density at radius 3 is 2.82 bits per heavy atom. The number of fused-ring (bicyclic) bond motifs is 3. The van der Waals surface area contributed by atoms with Gasteiger partial charge in [-0.3, -0.25) is 4.79 Å². The van der Waals surface area contributed by atoms with Crippen LogP contribution in [0.4, 0.5) is 0 Å². The van der Waals surface area contributed by atoms with Crippen molar-refractivity contribution in [1.82, 2.24) is 0 Å². The van der Waals surface area contributed by atoms with Gasteiger partial charge in [0, 0.05) is 1.37 Å². The molecular formula is C20H30O2. The monoisotopic (exact) mass is 303 g/mol. The Kier molecular flexibility index (Phi) is 2.72. The molecule has 3 fully saturated rings. The Bertz CT molecular complexity index is 554. The standard InChI is InChI=1S/C20H30O2/c1-13-11-20-10-7-15-18(2,16(20)6-5-14(13)12-20)8-4-9-19(15,3)17(21)22/h4,9,13-16H,5-8,10-12H2,1-3H3,(H,21,22)/t13-,14-,15-,16-,18+,19?,20+/m1/s1/i2D. The van der Waals surface area contributed by atoms with Crippen LogP contribution in [0.5, 0.6) is 0 Å². The zero-order valence-corrected chi connectivity index (χ0v) is 14.0. The molecule has 3 saturated carbocycles. The Morgan fingerprint density at radius 1 is 1.27 bits per heavy atom. The van der Waals surface area contributed by atoms with Crippen molar-refractivity contribution in [2.45, 2.75) is 65.7 Å². The van der Waals surface area contributed by atoms with Crippen molar-refractivity contribution >= 4 is 5.97 Å². The van der Waals surface area contributed by atoms with Gasteiger partial charge in [0.15, 0.2) is 0 Å². The van der Waals surface area contributed by atoms with Crippen LogP contribution in [0.25, 0.3) is 0 Å². The molecule has 122 valence electrons. The first-order valence-electron chi connectivity index (χ1n) is 9.79. The van der Waals surface area contributed by atoms with Gasteiger partial charge in [0.25, 0.3) is 0 Å². The van der Waals surface area contributed by atoms with Crippen LogP contribution in [0.1, 0.15) is 67.1 Å². The molecule has 2 heteroatoms. The van der Waals surface area contributed by atoms with Gasteiger partial charge in [-0.05, 0) is 86.4 Å². The number of hydrogen-bond acceptors (Lipinski definition) is 1. The fraction of sp³-hybridized carbons (Fsp3) is 0.850. The highest BCUT2D eigenvalue weighted by molar-refractivity contribution is 5.77. The number of carboxylic acids is 1. The summed E-state index contributed by atoms with van der Waals surface area (Å²) in [7, 11) is 0. The Balaban J connectivity index is 1.79. The van der Waals surface area contributed by atoms with Gasteiger partial charge in [0.05, 0.1) is 5.41 Å². The summed E-state index contributed by atoms with van der Waals surface area (Å²) in [6.07, 6.45) is 12.4. The third-order valence-electron chi connectivity index (χ3n) is 8.23. The highest BCUT2D eigenvalue weighted by atomic mass is 16.4. The molecule has 4 rings (SSSR count). The number of hydrogen-bond donors (Lipinski definition) is 1. The fourth-order valence-electron chi connectivity index (χ4n) is 7.25. The van der Waals surface area contributed by atoms with Crippen LogP contribution in [0.3, 0.4) is 0 Å². The van der Waals surface area contributed by atoms with Crippen LogP contribution in [0.2, 0.25) is 0 Å². The molecule has 0 aromatic heterocycles. The first-order chi connectivity index (χ1) is 10.9. The summed E-state index contributed by atoms with van der Waals surface area (Å²) in [5.41, 5.74) is -0.457. The molecule has 1 spiro atoms. The minimum atomic E-state index is -0.776. The molecule has 7 atom stereocenters. The Morgan fingerprint density at radius 2 is 2.09 bits per heavy atom. The van der Waals surface area contributed by atoms with E-state index in [0.29, 0.717) is 18.2 Å². The van der Waals surface area contributed by atoms with E-state index in [1.54, 1.807) is 0 Å². The summed E-state index contributed by atoms with van der Waals surface area (Å²) in [6, 6.07) is 0. The minimum absolute atomic E-state index is 0.102. The van der Waals surface area contributed by atoms with Crippen molar-refractivity contribution in [1.29, 1.82) is 0 Å². The van der Waals surface area contributed by atoms with Crippen molar-refractivity contribution in [3.05, 3.63) is 12.2 Å². The molecule has 0 amide bonds. The van der Waals surface area contributed by atoms with Crippen molar-refractivity contribution in [2.75, 3.05) is 0 Å². The maximum absolute atomic E-state index is 12.0. The van der Waals surface area contributed by atoms with Crippen LogP contribution in [0, 0.1) is 39.9 Å². The lowest BCUT2D eigenvalue weighted by atomic mass is 9.42. The summed E-state index contributed by atoms with van der Waals surface area (Å²) >= 11 is 0. The van der Waals surface area contributed by atoms with Gasteiger partial charge in [-0.15, -0.1) is 0 Å². The summed E-state index contributed by atoms with van der Waals surface area (Å²) in [4.78, 5) is 12.0. The number of carbonyl (C=O) groups is 1. The number of aliphatic carboxylic acids is 1. The molecule has 0 heterocycles. The van der Waals surface area contributed by atoms with Crippen LogP contribution in [0.15, 0.2) is 12.2 Å². The second kappa shape index (κ2) is 4.39. The smallest absolute Gasteiger partial charge is 0.313 e. The molecule has 4 aliphatic carbocycles. The lowest BCUT2D eigenvalue weighted by Crippen LogP contribution is -2.57. The van der Waals surface area contributed by atoms with E-state index < -0.39 is 11.4 Å². The van der Waals surface area contributed by atoms with E-state index in [-0.39, 0.29) is 11.3 Å². The number of rotatable bonds is 1. The van der Waals surface area contributed by atoms with Gasteiger partial charge in [-0.25, -0.2) is 0 Å². The van der Waals surface area contributed by atoms with Crippen LogP contribution in [-0.2, 0) is 4.79 Å². The topological polar surface area (TPSA) is 37.3 Å². The lowest BCUT2D eigenvalue weighted by Gasteiger charge is -2.62. The van der Waals surface area contributed by atoms with E-state index in [4.69, 9.17) is 1.37 Å². The van der Waals surface area contributed by atoms with Crippen molar-refractivity contribution in [3.63, 3.8) is 0 Å². The molecule has 0 aromatic rings. The normalized spacial score (nSPS) is 56.9. The van der Waals surface area contributed by atoms with Crippen molar-refractivity contribution < 1.29 is 11.3 Å². The quantitative estimate of drug-likeness (QED) is 0.700. The van der Waals surface area contributed by atoms with Gasteiger partial charge >= 0.3 is 5.97 Å². The maximum Gasteiger partial charge on any atom is 0.313 e. The predicted molar refractivity (Wildman–Crippen MR) is 87.4 cm³/mol. The summed E-state index contributed by atoms with van der Waals surface area (Å²) in [5.74, 6) is 1.72. The van der Waals surface area contributed by atoms with Crippen LogP contribution >= 0.6 is 0 Å². The minimum Gasteiger partial charge on any atom is -0.481 e. The SMILES string of the molecule is [2H]C[C@]12CC=CC(C)(C(=O)O)[C@@H]1CC[C@]13C[C@@H](CC[C@@H]12)[C@H](C)C3. The molecule has 1 N–H and O–H groups in total. The second-order valence-corrected chi connectivity index (χ2v) is 9.16.